The highest BCUT2D eigenvalue weighted by atomic mass is 16.7. The first-order chi connectivity index (χ1) is 43.7. The number of aliphatic hydroxyl groups is 5. The topological polar surface area (TPSA) is 175 Å². The fraction of sp³-hybridized carbons (Fsp3) is 0.718. The van der Waals surface area contributed by atoms with E-state index in [9.17, 15) is 35.1 Å². The van der Waals surface area contributed by atoms with Crippen molar-refractivity contribution in [2.75, 3.05) is 13.2 Å². The molecule has 0 aromatic rings. The minimum Gasteiger partial charge on any atom is -0.454 e. The van der Waals surface area contributed by atoms with Crippen molar-refractivity contribution in [3.05, 3.63) is 122 Å². The van der Waals surface area contributed by atoms with Crippen LogP contribution in [0, 0.1) is 0 Å². The average molecular weight is 1240 g/mol. The normalized spacial score (nSPS) is 18.9. The van der Waals surface area contributed by atoms with Crippen LogP contribution >= 0.6 is 0 Å². The van der Waals surface area contributed by atoms with Gasteiger partial charge in [-0.1, -0.05) is 296 Å². The molecule has 1 fully saturated rings. The van der Waals surface area contributed by atoms with E-state index < -0.39 is 67.4 Å². The largest absolute Gasteiger partial charge is 0.454 e. The maximum atomic E-state index is 13.5. The molecule has 1 aliphatic rings. The van der Waals surface area contributed by atoms with Crippen molar-refractivity contribution in [3.63, 3.8) is 0 Å². The van der Waals surface area contributed by atoms with E-state index in [1.54, 1.807) is 6.08 Å². The van der Waals surface area contributed by atoms with Crippen molar-refractivity contribution < 1.29 is 49.3 Å². The smallest absolute Gasteiger partial charge is 0.306 e. The Labute approximate surface area is 544 Å². The Morgan fingerprint density at radius 2 is 0.809 bits per heavy atom. The quantitative estimate of drug-likeness (QED) is 0.0195. The van der Waals surface area contributed by atoms with Gasteiger partial charge in [0.25, 0.3) is 0 Å². The van der Waals surface area contributed by atoms with Crippen molar-refractivity contribution in [2.45, 2.75) is 346 Å². The summed E-state index contributed by atoms with van der Waals surface area (Å²) >= 11 is 0. The molecule has 1 aliphatic heterocycles. The molecule has 6 N–H and O–H groups in total. The third-order valence-corrected chi connectivity index (χ3v) is 16.3. The molecule has 0 radical (unpaired) electrons. The fourth-order valence-electron chi connectivity index (χ4n) is 10.7. The summed E-state index contributed by atoms with van der Waals surface area (Å²) in [6, 6.07) is -1.04. The Hall–Kier alpha value is -3.94. The molecule has 0 bridgehead atoms. The molecule has 1 saturated heterocycles. The first-order valence-corrected chi connectivity index (χ1v) is 36.3. The Kier molecular flexibility index (Phi) is 59.9. The lowest BCUT2D eigenvalue weighted by molar-refractivity contribution is -0.305. The highest BCUT2D eigenvalue weighted by molar-refractivity contribution is 5.80. The maximum absolute atomic E-state index is 13.5. The third kappa shape index (κ3) is 51.3. The van der Waals surface area contributed by atoms with Crippen LogP contribution in [0.3, 0.4) is 0 Å². The van der Waals surface area contributed by atoms with E-state index in [1.807, 2.05) is 6.08 Å². The second-order valence-electron chi connectivity index (χ2n) is 24.6. The minimum atomic E-state index is -1.62. The number of aliphatic hydroxyl groups excluding tert-OH is 5. The number of esters is 1. The van der Waals surface area contributed by atoms with E-state index >= 15 is 0 Å². The van der Waals surface area contributed by atoms with Crippen molar-refractivity contribution >= 4 is 11.9 Å². The van der Waals surface area contributed by atoms with Crippen LogP contribution in [0.1, 0.15) is 297 Å². The van der Waals surface area contributed by atoms with Crippen LogP contribution in [-0.4, -0.2) is 99.6 Å². The third-order valence-electron chi connectivity index (χ3n) is 16.3. The molecular formula is C78H133NO10. The van der Waals surface area contributed by atoms with Gasteiger partial charge in [-0.05, 0) is 116 Å². The summed E-state index contributed by atoms with van der Waals surface area (Å²) in [5.74, 6) is -1.21. The van der Waals surface area contributed by atoms with Gasteiger partial charge in [-0.3, -0.25) is 9.59 Å². The molecular weight excluding hydrogens is 1110 g/mol. The first kappa shape index (κ1) is 83.1. The standard InChI is InChI=1S/C78H133NO10/c1-4-7-10-13-16-19-22-24-26-28-30-32-34-35-36-38-39-41-43-45-47-50-53-56-59-62-65-71(82)77(86)79-69(70(81)64-61-58-55-52-49-21-18-15-12-9-6-3)68-87-78-76(75(85)74(84)72(67-80)88-78)89-73(83)66-63-60-57-54-51-48-46-44-42-40-37-33-31-29-27-25-23-20-17-14-11-8-5-2/h7,10,16-17,19-20,24-27,30-33,35-36,39,41,61,64,69-72,74-76,78,80-82,84-85H,4-6,8-9,11-15,18,21-23,28-29,34,37-38,40,42-60,62-63,65-68H2,1-3H3,(H,79,86)/b10-7-,19-16-,20-17-,26-24-,27-25-,32-30-,33-31-,36-35-,41-39-,64-61+. The second-order valence-corrected chi connectivity index (χ2v) is 24.6. The van der Waals surface area contributed by atoms with Gasteiger partial charge in [0.05, 0.1) is 25.4 Å². The summed E-state index contributed by atoms with van der Waals surface area (Å²) in [5, 5.41) is 57.3. The molecule has 0 saturated carbocycles. The van der Waals surface area contributed by atoms with Gasteiger partial charge in [-0.2, -0.15) is 0 Å². The summed E-state index contributed by atoms with van der Waals surface area (Å²) < 4.78 is 17.7. The molecule has 0 aromatic heterocycles. The van der Waals surface area contributed by atoms with Crippen LogP contribution in [0.4, 0.5) is 0 Å². The Bertz CT molecular complexity index is 1920. The molecule has 11 nitrogen and oxygen atoms in total. The highest BCUT2D eigenvalue weighted by Crippen LogP contribution is 2.26. The second kappa shape index (κ2) is 64.2. The van der Waals surface area contributed by atoms with E-state index in [0.29, 0.717) is 12.8 Å². The SMILES string of the molecule is CC/C=C\C/C=C\C/C=C\C/C=C\C/C=C\C/C=C\CCCCCCCCCC(O)C(=O)NC(COC1OC(CO)C(O)C(O)C1OC(=O)CCCCCCCCCCCC/C=C\C/C=C\C/C=C\CCCCC)C(O)/C=C/CCCCCCCCCCC. The van der Waals surface area contributed by atoms with Crippen LogP contribution in [0.25, 0.3) is 0 Å². The summed E-state index contributed by atoms with van der Waals surface area (Å²) in [4.78, 5) is 26.7. The minimum absolute atomic E-state index is 0.113. The number of nitrogens with one attached hydrogen (secondary N) is 1. The zero-order valence-electron chi connectivity index (χ0n) is 56.8. The number of hydrogen-bond acceptors (Lipinski definition) is 10. The van der Waals surface area contributed by atoms with Gasteiger partial charge in [0.15, 0.2) is 12.4 Å². The number of allylic oxidation sites excluding steroid dienone is 19. The molecule has 510 valence electrons. The van der Waals surface area contributed by atoms with E-state index in [-0.39, 0.29) is 19.4 Å². The van der Waals surface area contributed by atoms with Crippen LogP contribution in [-0.2, 0) is 23.8 Å². The number of unbranched alkanes of at least 4 members (excludes halogenated alkanes) is 29. The van der Waals surface area contributed by atoms with Crippen LogP contribution in [0.15, 0.2) is 122 Å². The van der Waals surface area contributed by atoms with Gasteiger partial charge in [0, 0.05) is 6.42 Å². The van der Waals surface area contributed by atoms with Gasteiger partial charge in [0.2, 0.25) is 5.91 Å². The number of ether oxygens (including phenoxy) is 3. The number of carbonyl (C=O) groups is 2. The lowest BCUT2D eigenvalue weighted by Gasteiger charge is -2.41. The van der Waals surface area contributed by atoms with Crippen LogP contribution in [0.2, 0.25) is 0 Å². The predicted octanol–water partition coefficient (Wildman–Crippen LogP) is 19.0. The monoisotopic (exact) mass is 1240 g/mol. The molecule has 1 amide bonds. The Morgan fingerprint density at radius 1 is 0.449 bits per heavy atom. The summed E-state index contributed by atoms with van der Waals surface area (Å²) in [7, 11) is 0. The van der Waals surface area contributed by atoms with Gasteiger partial charge in [-0.25, -0.2) is 0 Å². The van der Waals surface area contributed by atoms with Gasteiger partial charge in [0.1, 0.15) is 24.4 Å². The number of carbonyl (C=O) groups excluding carboxylic acids is 2. The Balaban J connectivity index is 2.56. The van der Waals surface area contributed by atoms with Gasteiger partial charge in [-0.15, -0.1) is 0 Å². The average Bonchev–Trinajstić information content (AvgIpc) is 2.45. The Morgan fingerprint density at radius 3 is 1.24 bits per heavy atom. The van der Waals surface area contributed by atoms with Crippen molar-refractivity contribution in [1.29, 1.82) is 0 Å². The lowest BCUT2D eigenvalue weighted by atomic mass is 9.99. The molecule has 0 aromatic carbocycles. The van der Waals surface area contributed by atoms with E-state index in [0.717, 1.165) is 148 Å². The van der Waals surface area contributed by atoms with Crippen molar-refractivity contribution in [3.8, 4) is 0 Å². The van der Waals surface area contributed by atoms with Crippen LogP contribution in [0.5, 0.6) is 0 Å². The molecule has 0 aliphatic carbocycles. The number of rotatable bonds is 61. The highest BCUT2D eigenvalue weighted by Gasteiger charge is 2.47. The first-order valence-electron chi connectivity index (χ1n) is 36.3. The molecule has 11 heteroatoms. The van der Waals surface area contributed by atoms with E-state index in [1.165, 1.54) is 103 Å². The zero-order chi connectivity index (χ0) is 64.6. The zero-order valence-corrected chi connectivity index (χ0v) is 56.8. The predicted molar refractivity (Wildman–Crippen MR) is 374 cm³/mol. The fourth-order valence-corrected chi connectivity index (χ4v) is 10.7. The molecule has 8 atom stereocenters. The molecule has 8 unspecified atom stereocenters. The van der Waals surface area contributed by atoms with Crippen LogP contribution < -0.4 is 5.32 Å². The van der Waals surface area contributed by atoms with Gasteiger partial charge < -0.3 is 45.1 Å². The maximum Gasteiger partial charge on any atom is 0.306 e. The molecule has 1 heterocycles. The van der Waals surface area contributed by atoms with Gasteiger partial charge >= 0.3 is 5.97 Å². The lowest BCUT2D eigenvalue weighted by Crippen LogP contribution is -2.61. The van der Waals surface area contributed by atoms with Crippen molar-refractivity contribution in [1.82, 2.24) is 5.32 Å². The summed E-state index contributed by atoms with van der Waals surface area (Å²) in [5.41, 5.74) is 0. The molecule has 1 rings (SSSR count). The van der Waals surface area contributed by atoms with E-state index in [2.05, 4.69) is 135 Å². The van der Waals surface area contributed by atoms with E-state index in [4.69, 9.17) is 14.2 Å². The molecule has 0 spiro atoms. The molecule has 89 heavy (non-hydrogen) atoms. The summed E-state index contributed by atoms with van der Waals surface area (Å²) in [6.07, 6.45) is 79.5. The summed E-state index contributed by atoms with van der Waals surface area (Å²) in [6.45, 7) is 5.65. The number of amides is 1. The number of hydrogen-bond donors (Lipinski definition) is 6. The van der Waals surface area contributed by atoms with Crippen molar-refractivity contribution in [2.24, 2.45) is 0 Å².